The van der Waals surface area contributed by atoms with Gasteiger partial charge >= 0.3 is 0 Å². The van der Waals surface area contributed by atoms with Crippen LogP contribution in [0.4, 0.5) is 4.39 Å². The summed E-state index contributed by atoms with van der Waals surface area (Å²) >= 11 is 0. The molecule has 1 fully saturated rings. The molecular formula is C29H37FN2O3. The standard InChI is InChI=1S/C29H37FN2O3/c1-4-11-24(30)18-25(33)21-35-26-19-32(20-26)28(2,3)16-17-29(27(31)34,22-12-7-5-8-13-22)23-14-9-6-10-15-23/h5-15,18,26,33H,4,16-17,19-21H2,1-3H3,(H2,31,34)/b24-11+,25-18+. The number of hydrogen-bond donors (Lipinski definition) is 2. The molecule has 35 heavy (non-hydrogen) atoms. The normalized spacial score (nSPS) is 16.2. The van der Waals surface area contributed by atoms with Crippen LogP contribution in [0.5, 0.6) is 0 Å². The van der Waals surface area contributed by atoms with Gasteiger partial charge in [-0.2, -0.15) is 0 Å². The smallest absolute Gasteiger partial charge is 0.232 e. The zero-order valence-corrected chi connectivity index (χ0v) is 20.9. The summed E-state index contributed by atoms with van der Waals surface area (Å²) in [7, 11) is 0. The predicted octanol–water partition coefficient (Wildman–Crippen LogP) is 5.42. The van der Waals surface area contributed by atoms with E-state index in [9.17, 15) is 14.3 Å². The molecule has 2 aromatic rings. The van der Waals surface area contributed by atoms with E-state index in [-0.39, 0.29) is 29.9 Å². The quantitative estimate of drug-likeness (QED) is 0.314. The zero-order chi connectivity index (χ0) is 25.5. The summed E-state index contributed by atoms with van der Waals surface area (Å²) in [5, 5.41) is 9.88. The number of hydrogen-bond acceptors (Lipinski definition) is 4. The summed E-state index contributed by atoms with van der Waals surface area (Å²) < 4.78 is 19.2. The van der Waals surface area contributed by atoms with Crippen LogP contribution in [0.2, 0.25) is 0 Å². The van der Waals surface area contributed by atoms with Crippen molar-refractivity contribution in [3.05, 3.63) is 95.5 Å². The van der Waals surface area contributed by atoms with E-state index in [1.807, 2.05) is 67.6 Å². The van der Waals surface area contributed by atoms with Gasteiger partial charge in [-0.25, -0.2) is 4.39 Å². The lowest BCUT2D eigenvalue weighted by molar-refractivity contribution is -0.123. The number of aliphatic hydroxyl groups excluding tert-OH is 1. The average molecular weight is 481 g/mol. The molecular weight excluding hydrogens is 443 g/mol. The van der Waals surface area contributed by atoms with E-state index in [0.29, 0.717) is 25.9 Å². The van der Waals surface area contributed by atoms with E-state index in [1.54, 1.807) is 0 Å². The monoisotopic (exact) mass is 480 g/mol. The van der Waals surface area contributed by atoms with Crippen molar-refractivity contribution in [3.8, 4) is 0 Å². The second-order valence-corrected chi connectivity index (χ2v) is 9.78. The number of ether oxygens (including phenoxy) is 1. The highest BCUT2D eigenvalue weighted by molar-refractivity contribution is 5.90. The number of amides is 1. The van der Waals surface area contributed by atoms with Crippen LogP contribution in [0.15, 0.2) is 84.4 Å². The lowest BCUT2D eigenvalue weighted by Crippen LogP contribution is -2.61. The third-order valence-electron chi connectivity index (χ3n) is 6.94. The topological polar surface area (TPSA) is 75.8 Å². The first-order valence-corrected chi connectivity index (χ1v) is 12.2. The van der Waals surface area contributed by atoms with E-state index in [0.717, 1.165) is 23.6 Å². The SMILES string of the molecule is CC/C=C(F)\C=C(\O)COC1CN(C(C)(C)CCC(C(N)=O)(c2ccccc2)c2ccccc2)C1. The van der Waals surface area contributed by atoms with Crippen LogP contribution in [0.3, 0.4) is 0 Å². The predicted molar refractivity (Wildman–Crippen MR) is 138 cm³/mol. The molecule has 188 valence electrons. The van der Waals surface area contributed by atoms with E-state index in [1.165, 1.54) is 6.08 Å². The van der Waals surface area contributed by atoms with Crippen LogP contribution in [0, 0.1) is 0 Å². The van der Waals surface area contributed by atoms with Gasteiger partial charge in [0.2, 0.25) is 5.91 Å². The van der Waals surface area contributed by atoms with Crippen molar-refractivity contribution in [3.63, 3.8) is 0 Å². The Morgan fingerprint density at radius 1 is 1.09 bits per heavy atom. The number of benzene rings is 2. The Morgan fingerprint density at radius 3 is 2.11 bits per heavy atom. The highest BCUT2D eigenvalue weighted by atomic mass is 19.1. The van der Waals surface area contributed by atoms with E-state index in [4.69, 9.17) is 10.5 Å². The molecule has 3 N–H and O–H groups in total. The summed E-state index contributed by atoms with van der Waals surface area (Å²) in [6.07, 6.45) is 4.34. The molecule has 0 saturated carbocycles. The fraction of sp³-hybridized carbons (Fsp3) is 0.414. The first-order chi connectivity index (χ1) is 16.7. The molecule has 1 aliphatic rings. The lowest BCUT2D eigenvalue weighted by Gasteiger charge is -2.50. The molecule has 0 aromatic heterocycles. The number of likely N-dealkylation sites (tertiary alicyclic amines) is 1. The van der Waals surface area contributed by atoms with Crippen molar-refractivity contribution < 1.29 is 19.0 Å². The Labute approximate surface area is 208 Å². The van der Waals surface area contributed by atoms with Gasteiger partial charge in [-0.1, -0.05) is 67.6 Å². The Bertz CT molecular complexity index is 989. The van der Waals surface area contributed by atoms with Gasteiger partial charge in [0, 0.05) is 24.7 Å². The molecule has 0 aliphatic carbocycles. The van der Waals surface area contributed by atoms with Crippen LogP contribution in [0.25, 0.3) is 0 Å². The fourth-order valence-corrected chi connectivity index (χ4v) is 4.66. The summed E-state index contributed by atoms with van der Waals surface area (Å²) in [6.45, 7) is 7.54. The first-order valence-electron chi connectivity index (χ1n) is 12.2. The fourth-order valence-electron chi connectivity index (χ4n) is 4.66. The van der Waals surface area contributed by atoms with Gasteiger partial charge < -0.3 is 15.6 Å². The van der Waals surface area contributed by atoms with E-state index < -0.39 is 11.2 Å². The van der Waals surface area contributed by atoms with Gasteiger partial charge in [0.15, 0.2) is 0 Å². The van der Waals surface area contributed by atoms with Crippen molar-refractivity contribution >= 4 is 5.91 Å². The van der Waals surface area contributed by atoms with E-state index in [2.05, 4.69) is 18.7 Å². The van der Waals surface area contributed by atoms with Gasteiger partial charge in [-0.15, -0.1) is 0 Å². The minimum atomic E-state index is -0.923. The van der Waals surface area contributed by atoms with Crippen molar-refractivity contribution in [2.75, 3.05) is 19.7 Å². The third-order valence-corrected chi connectivity index (χ3v) is 6.94. The molecule has 0 unspecified atom stereocenters. The minimum Gasteiger partial charge on any atom is -0.510 e. The third kappa shape index (κ3) is 6.38. The molecule has 0 spiro atoms. The Hall–Kier alpha value is -2.96. The maximum absolute atomic E-state index is 13.5. The number of aliphatic hydroxyl groups is 1. The highest BCUT2D eigenvalue weighted by Gasteiger charge is 2.44. The molecule has 2 aromatic carbocycles. The number of primary amides is 1. The molecule has 0 radical (unpaired) electrons. The van der Waals surface area contributed by atoms with Gasteiger partial charge in [-0.05, 0) is 50.3 Å². The van der Waals surface area contributed by atoms with Crippen LogP contribution in [0.1, 0.15) is 51.2 Å². The average Bonchev–Trinajstić information content (AvgIpc) is 2.79. The van der Waals surface area contributed by atoms with E-state index >= 15 is 0 Å². The van der Waals surface area contributed by atoms with Crippen molar-refractivity contribution in [2.45, 2.75) is 57.1 Å². The molecule has 3 rings (SSSR count). The number of carbonyl (C=O) groups is 1. The summed E-state index contributed by atoms with van der Waals surface area (Å²) in [5.74, 6) is -0.941. The number of carbonyl (C=O) groups excluding carboxylic acids is 1. The molecule has 0 bridgehead atoms. The number of allylic oxidation sites excluding steroid dienone is 3. The molecule has 5 nitrogen and oxygen atoms in total. The van der Waals surface area contributed by atoms with Crippen molar-refractivity contribution in [2.24, 2.45) is 5.73 Å². The van der Waals surface area contributed by atoms with Crippen LogP contribution in [-0.2, 0) is 14.9 Å². The Balaban J connectivity index is 1.67. The minimum absolute atomic E-state index is 0.0172. The Morgan fingerprint density at radius 2 is 1.63 bits per heavy atom. The van der Waals surface area contributed by atoms with Crippen molar-refractivity contribution in [1.29, 1.82) is 0 Å². The van der Waals surface area contributed by atoms with Crippen LogP contribution in [-0.4, -0.2) is 47.3 Å². The zero-order valence-electron chi connectivity index (χ0n) is 20.9. The van der Waals surface area contributed by atoms with Gasteiger partial charge in [-0.3, -0.25) is 9.69 Å². The van der Waals surface area contributed by atoms with Gasteiger partial charge in [0.25, 0.3) is 0 Å². The lowest BCUT2D eigenvalue weighted by atomic mass is 9.69. The number of nitrogens with zero attached hydrogens (tertiary/aromatic N) is 1. The first kappa shape index (κ1) is 26.6. The molecule has 0 atom stereocenters. The summed E-state index contributed by atoms with van der Waals surface area (Å²) in [6, 6.07) is 19.5. The number of rotatable bonds is 12. The maximum atomic E-state index is 13.5. The molecule has 1 amide bonds. The molecule has 1 saturated heterocycles. The summed E-state index contributed by atoms with van der Waals surface area (Å²) in [5.41, 5.74) is 6.77. The van der Waals surface area contributed by atoms with Gasteiger partial charge in [0.1, 0.15) is 18.2 Å². The second-order valence-electron chi connectivity index (χ2n) is 9.78. The molecule has 1 aliphatic heterocycles. The van der Waals surface area contributed by atoms with Crippen LogP contribution >= 0.6 is 0 Å². The van der Waals surface area contributed by atoms with Crippen molar-refractivity contribution in [1.82, 2.24) is 4.90 Å². The highest BCUT2D eigenvalue weighted by Crippen LogP contribution is 2.40. The number of halogens is 1. The second kappa shape index (κ2) is 11.6. The van der Waals surface area contributed by atoms with Crippen LogP contribution < -0.4 is 5.73 Å². The Kier molecular flexibility index (Phi) is 8.87. The molecule has 1 heterocycles. The molecule has 6 heteroatoms. The maximum Gasteiger partial charge on any atom is 0.232 e. The summed E-state index contributed by atoms with van der Waals surface area (Å²) in [4.78, 5) is 15.3. The van der Waals surface area contributed by atoms with Gasteiger partial charge in [0.05, 0.1) is 11.5 Å². The number of nitrogens with two attached hydrogens (primary N) is 1. The largest absolute Gasteiger partial charge is 0.510 e.